The maximum absolute atomic E-state index is 5.59. The molecule has 0 bridgehead atoms. The quantitative estimate of drug-likeness (QED) is 0.596. The van der Waals surface area contributed by atoms with Crippen molar-refractivity contribution in [3.63, 3.8) is 0 Å². The monoisotopic (exact) mass is 157 g/mol. The molecule has 3 heteroatoms. The molecule has 64 valence electrons. The van der Waals surface area contributed by atoms with Crippen LogP contribution in [0.4, 0.5) is 0 Å². The predicted octanol–water partition coefficient (Wildman–Crippen LogP) is 0.356. The molecule has 2 fully saturated rings. The summed E-state index contributed by atoms with van der Waals surface area (Å²) in [7, 11) is 1.72. The molecule has 1 N–H and O–H groups in total. The van der Waals surface area contributed by atoms with Gasteiger partial charge in [0.25, 0.3) is 0 Å². The van der Waals surface area contributed by atoms with E-state index in [0.717, 1.165) is 6.54 Å². The minimum atomic E-state index is 0.0324. The Hall–Kier alpha value is -0.120. The summed E-state index contributed by atoms with van der Waals surface area (Å²) in [4.78, 5) is 0. The lowest BCUT2D eigenvalue weighted by molar-refractivity contribution is -0.129. The Bertz CT molecular complexity index is 151. The first kappa shape index (κ1) is 7.53. The summed E-state index contributed by atoms with van der Waals surface area (Å²) in [5.41, 5.74) is 0. The number of nitrogens with one attached hydrogen (secondary N) is 1. The normalized spacial score (nSPS) is 49.6. The van der Waals surface area contributed by atoms with Crippen LogP contribution < -0.4 is 5.32 Å². The highest BCUT2D eigenvalue weighted by molar-refractivity contribution is 4.94. The molecule has 0 aromatic heterocycles. The molecule has 0 amide bonds. The summed E-state index contributed by atoms with van der Waals surface area (Å²) < 4.78 is 10.8. The van der Waals surface area contributed by atoms with Crippen molar-refractivity contribution in [3.8, 4) is 0 Å². The second-order valence-corrected chi connectivity index (χ2v) is 3.38. The molecule has 2 saturated heterocycles. The summed E-state index contributed by atoms with van der Waals surface area (Å²) >= 11 is 0. The van der Waals surface area contributed by atoms with Crippen molar-refractivity contribution < 1.29 is 9.47 Å². The van der Waals surface area contributed by atoms with Crippen LogP contribution in [-0.4, -0.2) is 32.1 Å². The number of methoxy groups -OCH3 is 1. The fourth-order valence-electron chi connectivity index (χ4n) is 2.19. The minimum Gasteiger partial charge on any atom is -0.356 e. The average molecular weight is 157 g/mol. The molecule has 0 spiro atoms. The van der Waals surface area contributed by atoms with E-state index < -0.39 is 0 Å². The lowest BCUT2D eigenvalue weighted by atomic mass is 10.0. The van der Waals surface area contributed by atoms with Crippen LogP contribution in [0.3, 0.4) is 0 Å². The third-order valence-electron chi connectivity index (χ3n) is 2.76. The van der Waals surface area contributed by atoms with Crippen LogP contribution in [0.25, 0.3) is 0 Å². The average Bonchev–Trinajstić information content (AvgIpc) is 2.54. The lowest BCUT2D eigenvalue weighted by Gasteiger charge is -2.13. The summed E-state index contributed by atoms with van der Waals surface area (Å²) in [6, 6.07) is 0.528. The Kier molecular flexibility index (Phi) is 1.87. The van der Waals surface area contributed by atoms with Gasteiger partial charge in [-0.2, -0.15) is 0 Å². The molecular weight excluding hydrogens is 142 g/mol. The Morgan fingerprint density at radius 1 is 1.55 bits per heavy atom. The van der Waals surface area contributed by atoms with E-state index in [4.69, 9.17) is 9.47 Å². The van der Waals surface area contributed by atoms with Gasteiger partial charge < -0.3 is 14.8 Å². The van der Waals surface area contributed by atoms with Gasteiger partial charge in [-0.1, -0.05) is 0 Å². The van der Waals surface area contributed by atoms with E-state index in [-0.39, 0.29) is 6.29 Å². The maximum Gasteiger partial charge on any atom is 0.162 e. The lowest BCUT2D eigenvalue weighted by Crippen LogP contribution is -2.32. The van der Waals surface area contributed by atoms with Gasteiger partial charge >= 0.3 is 0 Å². The third-order valence-corrected chi connectivity index (χ3v) is 2.76. The zero-order valence-electron chi connectivity index (χ0n) is 7.04. The largest absolute Gasteiger partial charge is 0.356 e. The van der Waals surface area contributed by atoms with E-state index in [1.54, 1.807) is 7.11 Å². The van der Waals surface area contributed by atoms with Crippen LogP contribution in [-0.2, 0) is 9.47 Å². The highest BCUT2D eigenvalue weighted by atomic mass is 16.7. The molecule has 11 heavy (non-hydrogen) atoms. The van der Waals surface area contributed by atoms with Crippen molar-refractivity contribution in [2.75, 3.05) is 13.7 Å². The van der Waals surface area contributed by atoms with E-state index in [0.29, 0.717) is 18.1 Å². The van der Waals surface area contributed by atoms with Gasteiger partial charge in [0, 0.05) is 19.1 Å². The fourth-order valence-corrected chi connectivity index (χ4v) is 2.19. The molecule has 4 atom stereocenters. The number of hydrogen-bond donors (Lipinski definition) is 1. The zero-order valence-corrected chi connectivity index (χ0v) is 7.04. The molecule has 4 unspecified atom stereocenters. The van der Waals surface area contributed by atoms with Gasteiger partial charge in [-0.3, -0.25) is 0 Å². The van der Waals surface area contributed by atoms with E-state index in [9.17, 15) is 0 Å². The van der Waals surface area contributed by atoms with Crippen molar-refractivity contribution in [1.29, 1.82) is 0 Å². The molecular formula is C8H15NO2. The van der Waals surface area contributed by atoms with E-state index in [1.807, 2.05) is 0 Å². The van der Waals surface area contributed by atoms with E-state index in [2.05, 4.69) is 12.2 Å². The second kappa shape index (κ2) is 2.73. The molecule has 0 aromatic rings. The Morgan fingerprint density at radius 3 is 3.09 bits per heavy atom. The molecule has 0 radical (unpaired) electrons. The van der Waals surface area contributed by atoms with Crippen molar-refractivity contribution in [1.82, 2.24) is 5.32 Å². The zero-order chi connectivity index (χ0) is 7.84. The topological polar surface area (TPSA) is 30.5 Å². The first-order valence-corrected chi connectivity index (χ1v) is 4.24. The van der Waals surface area contributed by atoms with Crippen molar-refractivity contribution in [3.05, 3.63) is 0 Å². The van der Waals surface area contributed by atoms with Gasteiger partial charge in [-0.25, -0.2) is 0 Å². The smallest absolute Gasteiger partial charge is 0.162 e. The van der Waals surface area contributed by atoms with Gasteiger partial charge in [-0.15, -0.1) is 0 Å². The number of hydrogen-bond acceptors (Lipinski definition) is 3. The first-order valence-electron chi connectivity index (χ1n) is 4.24. The minimum absolute atomic E-state index is 0.0324. The van der Waals surface area contributed by atoms with E-state index >= 15 is 0 Å². The second-order valence-electron chi connectivity index (χ2n) is 3.38. The van der Waals surface area contributed by atoms with Crippen LogP contribution in [0.1, 0.15) is 13.3 Å². The van der Waals surface area contributed by atoms with Gasteiger partial charge in [-0.05, 0) is 19.9 Å². The molecule has 0 aliphatic carbocycles. The highest BCUT2D eigenvalue weighted by Crippen LogP contribution is 2.32. The summed E-state index contributed by atoms with van der Waals surface area (Å²) in [6.07, 6.45) is 1.53. The fraction of sp³-hybridized carbons (Fsp3) is 1.00. The van der Waals surface area contributed by atoms with Crippen molar-refractivity contribution >= 4 is 0 Å². The van der Waals surface area contributed by atoms with Crippen LogP contribution >= 0.6 is 0 Å². The highest BCUT2D eigenvalue weighted by Gasteiger charge is 2.44. The molecule has 2 aliphatic heterocycles. The van der Waals surface area contributed by atoms with Gasteiger partial charge in [0.15, 0.2) is 6.29 Å². The Morgan fingerprint density at radius 2 is 2.36 bits per heavy atom. The van der Waals surface area contributed by atoms with Gasteiger partial charge in [0.05, 0.1) is 6.10 Å². The first-order chi connectivity index (χ1) is 5.33. The summed E-state index contributed by atoms with van der Waals surface area (Å²) in [5.74, 6) is 0.579. The number of ether oxygens (including phenoxy) is 2. The predicted molar refractivity (Wildman–Crippen MR) is 41.2 cm³/mol. The van der Waals surface area contributed by atoms with Crippen molar-refractivity contribution in [2.24, 2.45) is 5.92 Å². The third kappa shape index (κ3) is 1.08. The summed E-state index contributed by atoms with van der Waals surface area (Å²) in [6.45, 7) is 3.22. The maximum atomic E-state index is 5.59. The van der Waals surface area contributed by atoms with Crippen LogP contribution in [0.5, 0.6) is 0 Å². The Balaban J connectivity index is 2.07. The number of rotatable bonds is 1. The van der Waals surface area contributed by atoms with Crippen LogP contribution in [0, 0.1) is 5.92 Å². The van der Waals surface area contributed by atoms with Crippen molar-refractivity contribution in [2.45, 2.75) is 31.8 Å². The van der Waals surface area contributed by atoms with Crippen LogP contribution in [0.2, 0.25) is 0 Å². The molecule has 0 aromatic carbocycles. The molecule has 0 saturated carbocycles. The molecule has 2 rings (SSSR count). The molecule has 2 heterocycles. The molecule has 2 aliphatic rings. The van der Waals surface area contributed by atoms with Gasteiger partial charge in [0.1, 0.15) is 0 Å². The standard InChI is InChI=1S/C8H15NO2/c1-5-7-6(3-4-9-7)8(10-2)11-5/h5-9H,3-4H2,1-2H3. The van der Waals surface area contributed by atoms with Crippen LogP contribution in [0.15, 0.2) is 0 Å². The Labute approximate surface area is 67.1 Å². The summed E-state index contributed by atoms with van der Waals surface area (Å²) in [5, 5.41) is 3.43. The van der Waals surface area contributed by atoms with Gasteiger partial charge in [0.2, 0.25) is 0 Å². The molecule has 3 nitrogen and oxygen atoms in total. The number of fused-ring (bicyclic) bond motifs is 1. The SMILES string of the molecule is COC1OC(C)C2NCCC12. The van der Waals surface area contributed by atoms with E-state index in [1.165, 1.54) is 6.42 Å².